The summed E-state index contributed by atoms with van der Waals surface area (Å²) >= 11 is 0. The molecule has 0 unspecified atom stereocenters. The van der Waals surface area contributed by atoms with Crippen molar-refractivity contribution in [2.45, 2.75) is 9.79 Å². The fourth-order valence-electron chi connectivity index (χ4n) is 3.82. The number of amides is 1. The number of sulfonamides is 2. The monoisotopic (exact) mass is 559 g/mol. The van der Waals surface area contributed by atoms with Crippen LogP contribution in [0.1, 0.15) is 0 Å². The summed E-state index contributed by atoms with van der Waals surface area (Å²) in [6.07, 6.45) is 0. The van der Waals surface area contributed by atoms with E-state index in [9.17, 15) is 21.6 Å². The van der Waals surface area contributed by atoms with Crippen molar-refractivity contribution in [3.05, 3.63) is 84.9 Å². The molecule has 0 aromatic heterocycles. The summed E-state index contributed by atoms with van der Waals surface area (Å²) in [4.78, 5) is 12.9. The van der Waals surface area contributed by atoms with Gasteiger partial charge >= 0.3 is 0 Å². The number of rotatable bonds is 11. The topological polar surface area (TPSA) is 122 Å². The summed E-state index contributed by atoms with van der Waals surface area (Å²) in [5.74, 6) is -0.0540. The second-order valence-electron chi connectivity index (χ2n) is 8.35. The van der Waals surface area contributed by atoms with Crippen molar-refractivity contribution in [1.82, 2.24) is 9.62 Å². The minimum absolute atomic E-state index is 0.0825. The second kappa shape index (κ2) is 12.4. The summed E-state index contributed by atoms with van der Waals surface area (Å²) in [7, 11) is -7.56. The zero-order valence-corrected chi connectivity index (χ0v) is 22.2. The van der Waals surface area contributed by atoms with E-state index in [1.807, 2.05) is 0 Å². The number of hydrogen-bond acceptors (Lipinski definition) is 7. The SMILES string of the molecule is O=C(CN(c1ccccc1)S(=O)(=O)c1ccccc1)NCCOc1ccc(S(=O)(=O)N2CCOCC2)cc1. The van der Waals surface area contributed by atoms with Crippen molar-refractivity contribution in [2.75, 3.05) is 50.3 Å². The van der Waals surface area contributed by atoms with Gasteiger partial charge in [-0.1, -0.05) is 36.4 Å². The van der Waals surface area contributed by atoms with Crippen LogP contribution in [0.4, 0.5) is 5.69 Å². The van der Waals surface area contributed by atoms with Crippen LogP contribution in [0.5, 0.6) is 5.75 Å². The predicted molar refractivity (Wildman–Crippen MR) is 142 cm³/mol. The summed E-state index contributed by atoms with van der Waals surface area (Å²) in [6, 6.07) is 22.4. The van der Waals surface area contributed by atoms with Crippen LogP contribution in [0.2, 0.25) is 0 Å². The van der Waals surface area contributed by atoms with E-state index in [0.717, 1.165) is 4.31 Å². The molecular formula is C26H29N3O7S2. The Balaban J connectivity index is 1.32. The number of para-hydroxylation sites is 1. The molecule has 0 atom stereocenters. The molecule has 0 radical (unpaired) electrons. The smallest absolute Gasteiger partial charge is 0.264 e. The lowest BCUT2D eigenvalue weighted by Gasteiger charge is -2.26. The average molecular weight is 560 g/mol. The van der Waals surface area contributed by atoms with Gasteiger partial charge in [0, 0.05) is 13.1 Å². The van der Waals surface area contributed by atoms with Gasteiger partial charge < -0.3 is 14.8 Å². The number of nitrogens with zero attached hydrogens (tertiary/aromatic N) is 2. The third-order valence-corrected chi connectivity index (χ3v) is 9.49. The van der Waals surface area contributed by atoms with Crippen molar-refractivity contribution in [1.29, 1.82) is 0 Å². The Labute approximate surface area is 222 Å². The molecule has 4 rings (SSSR count). The highest BCUT2D eigenvalue weighted by atomic mass is 32.2. The van der Waals surface area contributed by atoms with E-state index in [1.165, 1.54) is 28.6 Å². The Morgan fingerprint density at radius 3 is 2.08 bits per heavy atom. The van der Waals surface area contributed by atoms with Crippen LogP contribution in [0.25, 0.3) is 0 Å². The standard InChI is InChI=1S/C26H29N3O7S2/c30-26(21-29(22-7-3-1-4-8-22)38(33,34)24-9-5-2-6-10-24)27-15-18-36-23-11-13-25(14-12-23)37(31,32)28-16-19-35-20-17-28/h1-14H,15-21H2,(H,27,30). The van der Waals surface area contributed by atoms with E-state index in [0.29, 0.717) is 37.7 Å². The lowest BCUT2D eigenvalue weighted by atomic mass is 10.3. The number of nitrogens with one attached hydrogen (secondary N) is 1. The summed E-state index contributed by atoms with van der Waals surface area (Å²) in [6.45, 7) is 1.19. The normalized spacial score (nSPS) is 14.5. The van der Waals surface area contributed by atoms with Gasteiger partial charge in [0.15, 0.2) is 0 Å². The molecule has 12 heteroatoms. The van der Waals surface area contributed by atoms with E-state index in [2.05, 4.69) is 5.32 Å². The molecule has 0 saturated carbocycles. The van der Waals surface area contributed by atoms with Crippen molar-refractivity contribution in [3.8, 4) is 5.75 Å². The number of ether oxygens (including phenoxy) is 2. The Kier molecular flexibility index (Phi) is 9.00. The zero-order chi connectivity index (χ0) is 27.0. The molecule has 0 bridgehead atoms. The quantitative estimate of drug-likeness (QED) is 0.357. The molecule has 3 aromatic rings. The number of benzene rings is 3. The first-order chi connectivity index (χ1) is 18.3. The fraction of sp³-hybridized carbons (Fsp3) is 0.269. The Morgan fingerprint density at radius 2 is 1.45 bits per heavy atom. The summed E-state index contributed by atoms with van der Waals surface area (Å²) in [5, 5.41) is 2.67. The molecule has 38 heavy (non-hydrogen) atoms. The van der Waals surface area contributed by atoms with Crippen molar-refractivity contribution in [3.63, 3.8) is 0 Å². The molecule has 1 heterocycles. The van der Waals surface area contributed by atoms with Crippen LogP contribution in [0, 0.1) is 0 Å². The summed E-state index contributed by atoms with van der Waals surface area (Å²) < 4.78 is 65.2. The number of carbonyl (C=O) groups excluding carboxylic acids is 1. The van der Waals surface area contributed by atoms with Crippen LogP contribution < -0.4 is 14.4 Å². The lowest BCUT2D eigenvalue weighted by molar-refractivity contribution is -0.119. The van der Waals surface area contributed by atoms with Gasteiger partial charge in [0.05, 0.1) is 35.2 Å². The first-order valence-electron chi connectivity index (χ1n) is 12.0. The highest BCUT2D eigenvalue weighted by molar-refractivity contribution is 7.92. The molecule has 10 nitrogen and oxygen atoms in total. The number of hydrogen-bond donors (Lipinski definition) is 1. The Morgan fingerprint density at radius 1 is 0.842 bits per heavy atom. The van der Waals surface area contributed by atoms with Crippen LogP contribution in [-0.4, -0.2) is 73.0 Å². The predicted octanol–water partition coefficient (Wildman–Crippen LogP) is 2.10. The van der Waals surface area contributed by atoms with E-state index in [1.54, 1.807) is 60.7 Å². The molecule has 0 spiro atoms. The van der Waals surface area contributed by atoms with Crippen LogP contribution >= 0.6 is 0 Å². The highest BCUT2D eigenvalue weighted by Gasteiger charge is 2.27. The lowest BCUT2D eigenvalue weighted by Crippen LogP contribution is -2.41. The van der Waals surface area contributed by atoms with Crippen molar-refractivity contribution >= 4 is 31.6 Å². The third kappa shape index (κ3) is 6.70. The van der Waals surface area contributed by atoms with Gasteiger partial charge in [0.25, 0.3) is 10.0 Å². The number of carbonyl (C=O) groups is 1. The van der Waals surface area contributed by atoms with Gasteiger partial charge in [-0.15, -0.1) is 0 Å². The molecule has 1 aliphatic rings. The molecule has 1 fully saturated rings. The maximum atomic E-state index is 13.3. The molecular weight excluding hydrogens is 530 g/mol. The van der Waals surface area contributed by atoms with Crippen molar-refractivity contribution < 1.29 is 31.1 Å². The van der Waals surface area contributed by atoms with Gasteiger partial charge in [-0.05, 0) is 48.5 Å². The number of morpholine rings is 1. The number of anilines is 1. The third-order valence-electron chi connectivity index (χ3n) is 5.79. The van der Waals surface area contributed by atoms with Gasteiger partial charge in [0.1, 0.15) is 18.9 Å². The second-order valence-corrected chi connectivity index (χ2v) is 12.1. The van der Waals surface area contributed by atoms with E-state index < -0.39 is 32.5 Å². The molecule has 0 aliphatic carbocycles. The largest absolute Gasteiger partial charge is 0.492 e. The minimum Gasteiger partial charge on any atom is -0.492 e. The molecule has 1 aliphatic heterocycles. The van der Waals surface area contributed by atoms with E-state index in [4.69, 9.17) is 9.47 Å². The van der Waals surface area contributed by atoms with Gasteiger partial charge in [-0.2, -0.15) is 4.31 Å². The Bertz CT molecular complexity index is 1410. The maximum Gasteiger partial charge on any atom is 0.264 e. The Hall–Kier alpha value is -3.45. The fourth-order valence-corrected chi connectivity index (χ4v) is 6.67. The zero-order valence-electron chi connectivity index (χ0n) is 20.6. The van der Waals surface area contributed by atoms with Crippen LogP contribution in [-0.2, 0) is 29.6 Å². The molecule has 3 aromatic carbocycles. The molecule has 1 saturated heterocycles. The van der Waals surface area contributed by atoms with Gasteiger partial charge in [-0.3, -0.25) is 9.10 Å². The van der Waals surface area contributed by atoms with Crippen molar-refractivity contribution in [2.24, 2.45) is 0 Å². The minimum atomic E-state index is -3.97. The van der Waals surface area contributed by atoms with E-state index in [-0.39, 0.29) is 22.9 Å². The first-order valence-corrected chi connectivity index (χ1v) is 14.9. The molecule has 1 amide bonds. The maximum absolute atomic E-state index is 13.3. The average Bonchev–Trinajstić information content (AvgIpc) is 2.95. The van der Waals surface area contributed by atoms with Gasteiger partial charge in [0.2, 0.25) is 15.9 Å². The molecule has 202 valence electrons. The summed E-state index contributed by atoms with van der Waals surface area (Å²) in [5.41, 5.74) is 0.370. The van der Waals surface area contributed by atoms with Gasteiger partial charge in [-0.25, -0.2) is 16.8 Å². The van der Waals surface area contributed by atoms with Crippen LogP contribution in [0.3, 0.4) is 0 Å². The highest BCUT2D eigenvalue weighted by Crippen LogP contribution is 2.23. The van der Waals surface area contributed by atoms with Crippen LogP contribution in [0.15, 0.2) is 94.7 Å². The van der Waals surface area contributed by atoms with E-state index >= 15 is 0 Å². The molecule has 1 N–H and O–H groups in total. The first kappa shape index (κ1) is 27.6.